The largest absolute Gasteiger partial charge is 0.462 e. The van der Waals surface area contributed by atoms with E-state index in [1.807, 2.05) is 32.9 Å². The number of nitrogens with zero attached hydrogens (tertiary/aromatic N) is 3. The van der Waals surface area contributed by atoms with Gasteiger partial charge in [-0.1, -0.05) is 35.5 Å². The molecular weight excluding hydrogens is 374 g/mol. The fourth-order valence-corrected chi connectivity index (χ4v) is 3.66. The fraction of sp³-hybridized carbons (Fsp3) is 0.389. The van der Waals surface area contributed by atoms with E-state index in [0.29, 0.717) is 23.1 Å². The first kappa shape index (κ1) is 20.3. The van der Waals surface area contributed by atoms with E-state index in [4.69, 9.17) is 16.3 Å². The Kier molecular flexibility index (Phi) is 7.11. The minimum atomic E-state index is -0.515. The molecule has 0 atom stereocenters. The molecule has 0 bridgehead atoms. The Morgan fingerprint density at radius 1 is 1.27 bits per heavy atom. The van der Waals surface area contributed by atoms with Gasteiger partial charge in [0.05, 0.1) is 17.8 Å². The summed E-state index contributed by atoms with van der Waals surface area (Å²) in [5, 5.41) is 5.29. The van der Waals surface area contributed by atoms with E-state index in [-0.39, 0.29) is 18.2 Å². The average molecular weight is 396 g/mol. The molecule has 0 fully saturated rings. The Hall–Kier alpha value is -1.99. The lowest BCUT2D eigenvalue weighted by molar-refractivity contribution is 0.0522. The number of carbonyl (C=O) groups excluding carboxylic acids is 2. The molecule has 0 N–H and O–H groups in total. The van der Waals surface area contributed by atoms with Gasteiger partial charge in [-0.3, -0.25) is 0 Å². The van der Waals surface area contributed by atoms with Gasteiger partial charge < -0.3 is 9.64 Å². The van der Waals surface area contributed by atoms with Crippen LogP contribution in [0.5, 0.6) is 0 Å². The maximum Gasteiger partial charge on any atom is 0.344 e. The summed E-state index contributed by atoms with van der Waals surface area (Å²) in [4.78, 5) is 27.3. The molecule has 26 heavy (non-hydrogen) atoms. The van der Waals surface area contributed by atoms with Crippen molar-refractivity contribution >= 4 is 35.4 Å². The Morgan fingerprint density at radius 2 is 1.96 bits per heavy atom. The summed E-state index contributed by atoms with van der Waals surface area (Å²) in [6.07, 6.45) is 1.42. The number of aryl methyl sites for hydroxylation is 1. The number of rotatable bonds is 6. The van der Waals surface area contributed by atoms with Gasteiger partial charge in [0.1, 0.15) is 10.6 Å². The van der Waals surface area contributed by atoms with Gasteiger partial charge in [-0.15, -0.1) is 0 Å². The number of halogens is 1. The Morgan fingerprint density at radius 3 is 2.54 bits per heavy atom. The highest BCUT2D eigenvalue weighted by Gasteiger charge is 2.24. The van der Waals surface area contributed by atoms with E-state index < -0.39 is 5.97 Å². The first-order valence-electron chi connectivity index (χ1n) is 8.41. The number of hydrogen-bond acceptors (Lipinski definition) is 5. The Balaban J connectivity index is 2.46. The van der Waals surface area contributed by atoms with Crippen LogP contribution in [0.25, 0.3) is 0 Å². The van der Waals surface area contributed by atoms with E-state index in [0.717, 1.165) is 10.5 Å². The zero-order valence-electron chi connectivity index (χ0n) is 15.3. The fourth-order valence-electron chi connectivity index (χ4n) is 2.36. The summed E-state index contributed by atoms with van der Waals surface area (Å²) in [5.74, 6) is -0.515. The van der Waals surface area contributed by atoms with Gasteiger partial charge in [0.25, 0.3) is 0 Å². The molecule has 0 radical (unpaired) electrons. The third-order valence-electron chi connectivity index (χ3n) is 3.77. The van der Waals surface area contributed by atoms with Crippen LogP contribution in [0.4, 0.5) is 4.79 Å². The number of ether oxygens (including phenoxy) is 1. The van der Waals surface area contributed by atoms with Crippen LogP contribution in [0, 0.1) is 6.92 Å². The van der Waals surface area contributed by atoms with Gasteiger partial charge in [0.15, 0.2) is 0 Å². The number of hydrogen-bond donors (Lipinski definition) is 0. The maximum absolute atomic E-state index is 12.6. The smallest absolute Gasteiger partial charge is 0.344 e. The molecule has 1 amide bonds. The standard InChI is InChI=1S/C18H22ClN3O3S/c1-5-21(6-2)18(24)22-11-13(17(23)25-7-3)16(20-22)26-15-12(4)9-8-10-14(15)19/h8-11H,5-7H2,1-4H3. The molecule has 6 nitrogen and oxygen atoms in total. The minimum absolute atomic E-state index is 0.239. The van der Waals surface area contributed by atoms with Gasteiger partial charge in [0.2, 0.25) is 0 Å². The molecule has 0 aliphatic heterocycles. The zero-order valence-corrected chi connectivity index (χ0v) is 16.9. The summed E-state index contributed by atoms with van der Waals surface area (Å²) in [7, 11) is 0. The van der Waals surface area contributed by atoms with Crippen molar-refractivity contribution in [1.82, 2.24) is 14.7 Å². The van der Waals surface area contributed by atoms with Crippen LogP contribution in [0.1, 0.15) is 36.7 Å². The third kappa shape index (κ3) is 4.40. The summed E-state index contributed by atoms with van der Waals surface area (Å²) < 4.78 is 6.30. The van der Waals surface area contributed by atoms with E-state index >= 15 is 0 Å². The predicted molar refractivity (Wildman–Crippen MR) is 102 cm³/mol. The summed E-state index contributed by atoms with van der Waals surface area (Å²) in [5.41, 5.74) is 1.21. The molecular formula is C18H22ClN3O3S. The number of esters is 1. The quantitative estimate of drug-likeness (QED) is 0.674. The molecule has 1 aromatic heterocycles. The monoisotopic (exact) mass is 395 g/mol. The van der Waals surface area contributed by atoms with Crippen LogP contribution >= 0.6 is 23.4 Å². The highest BCUT2D eigenvalue weighted by Crippen LogP contribution is 2.36. The maximum atomic E-state index is 12.6. The van der Waals surface area contributed by atoms with Crippen molar-refractivity contribution in [2.75, 3.05) is 19.7 Å². The molecule has 0 unspecified atom stereocenters. The van der Waals surface area contributed by atoms with Gasteiger partial charge in [0, 0.05) is 18.0 Å². The predicted octanol–water partition coefficient (Wildman–Crippen LogP) is 4.48. The van der Waals surface area contributed by atoms with Crippen molar-refractivity contribution in [3.8, 4) is 0 Å². The van der Waals surface area contributed by atoms with E-state index in [2.05, 4.69) is 5.10 Å². The molecule has 8 heteroatoms. The zero-order chi connectivity index (χ0) is 19.3. The number of carbonyl (C=O) groups is 2. The van der Waals surface area contributed by atoms with Gasteiger partial charge >= 0.3 is 12.0 Å². The molecule has 0 aliphatic carbocycles. The Bertz CT molecular complexity index is 783. The number of aromatic nitrogens is 2. The molecule has 2 rings (SSSR count). The van der Waals surface area contributed by atoms with Gasteiger partial charge in [-0.05, 0) is 39.3 Å². The molecule has 0 aliphatic rings. The lowest BCUT2D eigenvalue weighted by Gasteiger charge is -2.17. The third-order valence-corrected chi connectivity index (χ3v) is 5.44. The second kappa shape index (κ2) is 9.09. The van der Waals surface area contributed by atoms with E-state index in [9.17, 15) is 9.59 Å². The normalized spacial score (nSPS) is 10.7. The minimum Gasteiger partial charge on any atom is -0.462 e. The lowest BCUT2D eigenvalue weighted by Crippen LogP contribution is -2.34. The topological polar surface area (TPSA) is 64.4 Å². The first-order chi connectivity index (χ1) is 12.4. The second-order valence-electron chi connectivity index (χ2n) is 5.46. The second-order valence-corrected chi connectivity index (χ2v) is 6.86. The van der Waals surface area contributed by atoms with Crippen LogP contribution < -0.4 is 0 Å². The molecule has 0 saturated carbocycles. The van der Waals surface area contributed by atoms with Crippen molar-refractivity contribution in [3.05, 3.63) is 40.5 Å². The van der Waals surface area contributed by atoms with Crippen molar-refractivity contribution in [2.24, 2.45) is 0 Å². The molecule has 1 heterocycles. The van der Waals surface area contributed by atoms with Crippen molar-refractivity contribution in [3.63, 3.8) is 0 Å². The molecule has 2 aromatic rings. The summed E-state index contributed by atoms with van der Waals surface area (Å²) >= 11 is 7.54. The summed E-state index contributed by atoms with van der Waals surface area (Å²) in [6, 6.07) is 5.27. The van der Waals surface area contributed by atoms with Crippen LogP contribution in [0.2, 0.25) is 5.02 Å². The number of amides is 1. The molecule has 1 aromatic carbocycles. The van der Waals surface area contributed by atoms with Crippen LogP contribution in [0.3, 0.4) is 0 Å². The lowest BCUT2D eigenvalue weighted by atomic mass is 10.2. The SMILES string of the molecule is CCOC(=O)c1cn(C(=O)N(CC)CC)nc1Sc1c(C)cccc1Cl. The van der Waals surface area contributed by atoms with Crippen LogP contribution in [-0.2, 0) is 4.74 Å². The molecule has 0 saturated heterocycles. The van der Waals surface area contributed by atoms with Gasteiger partial charge in [-0.2, -0.15) is 9.78 Å². The van der Waals surface area contributed by atoms with Crippen LogP contribution in [-0.4, -0.2) is 46.4 Å². The van der Waals surface area contributed by atoms with Crippen molar-refractivity contribution in [2.45, 2.75) is 37.6 Å². The highest BCUT2D eigenvalue weighted by molar-refractivity contribution is 7.99. The van der Waals surface area contributed by atoms with Crippen molar-refractivity contribution in [1.29, 1.82) is 0 Å². The van der Waals surface area contributed by atoms with Gasteiger partial charge in [-0.25, -0.2) is 9.59 Å². The number of benzene rings is 1. The summed E-state index contributed by atoms with van der Waals surface area (Å²) in [6.45, 7) is 8.78. The van der Waals surface area contributed by atoms with Crippen molar-refractivity contribution < 1.29 is 14.3 Å². The Labute approximate surface area is 162 Å². The van der Waals surface area contributed by atoms with E-state index in [1.54, 1.807) is 17.9 Å². The first-order valence-corrected chi connectivity index (χ1v) is 9.61. The van der Waals surface area contributed by atoms with Crippen LogP contribution in [0.15, 0.2) is 34.3 Å². The van der Waals surface area contributed by atoms with E-state index in [1.165, 1.54) is 22.6 Å². The average Bonchev–Trinajstić information content (AvgIpc) is 3.03. The molecule has 0 spiro atoms. The molecule has 140 valence electrons. The highest BCUT2D eigenvalue weighted by atomic mass is 35.5.